The average molecular weight is 417 g/mol. The summed E-state index contributed by atoms with van der Waals surface area (Å²) in [5.41, 5.74) is 0.714. The molecule has 28 heavy (non-hydrogen) atoms. The van der Waals surface area contributed by atoms with E-state index in [0.29, 0.717) is 17.0 Å². The van der Waals surface area contributed by atoms with E-state index in [1.54, 1.807) is 22.3 Å². The van der Waals surface area contributed by atoms with Crippen LogP contribution in [0, 0.1) is 0 Å². The van der Waals surface area contributed by atoms with E-state index < -0.39 is 6.04 Å². The van der Waals surface area contributed by atoms with E-state index in [9.17, 15) is 9.59 Å². The van der Waals surface area contributed by atoms with Gasteiger partial charge in [0.15, 0.2) is 0 Å². The van der Waals surface area contributed by atoms with E-state index in [2.05, 4.69) is 5.32 Å². The van der Waals surface area contributed by atoms with Gasteiger partial charge in [-0.1, -0.05) is 48.7 Å². The van der Waals surface area contributed by atoms with Crippen molar-refractivity contribution >= 4 is 34.8 Å². The molecular weight excluding hydrogens is 392 g/mol. The molecule has 1 N–H and O–H groups in total. The fourth-order valence-electron chi connectivity index (χ4n) is 4.03. The molecule has 2 aliphatic carbocycles. The molecule has 0 radical (unpaired) electrons. The summed E-state index contributed by atoms with van der Waals surface area (Å²) in [4.78, 5) is 29.5. The summed E-state index contributed by atoms with van der Waals surface area (Å²) in [7, 11) is 0. The maximum Gasteiger partial charge on any atom is 0.247 e. The first-order valence-electron chi connectivity index (χ1n) is 10.0. The van der Waals surface area contributed by atoms with Gasteiger partial charge in [0.25, 0.3) is 0 Å². The van der Waals surface area contributed by atoms with Gasteiger partial charge in [-0.25, -0.2) is 0 Å². The number of carbonyl (C=O) groups is 2. The minimum absolute atomic E-state index is 0.00329. The lowest BCUT2D eigenvalue weighted by atomic mass is 10.0. The Morgan fingerprint density at radius 1 is 1.11 bits per heavy atom. The summed E-state index contributed by atoms with van der Waals surface area (Å²) < 4.78 is 0. The third-order valence-corrected chi connectivity index (χ3v) is 6.78. The summed E-state index contributed by atoms with van der Waals surface area (Å²) in [6.45, 7) is 0. The molecule has 1 atom stereocenters. The highest BCUT2D eigenvalue weighted by Crippen LogP contribution is 2.38. The number of halogens is 1. The first-order valence-corrected chi connectivity index (χ1v) is 11.3. The van der Waals surface area contributed by atoms with Crippen LogP contribution in [0.1, 0.15) is 55.0 Å². The monoisotopic (exact) mass is 416 g/mol. The van der Waals surface area contributed by atoms with Crippen LogP contribution in [0.3, 0.4) is 0 Å². The summed E-state index contributed by atoms with van der Waals surface area (Å²) in [6.07, 6.45) is 6.51. The summed E-state index contributed by atoms with van der Waals surface area (Å²) >= 11 is 8.05. The quantitative estimate of drug-likeness (QED) is 0.708. The molecule has 0 bridgehead atoms. The molecule has 4 nitrogen and oxygen atoms in total. The fraction of sp³-hybridized carbons (Fsp3) is 0.455. The molecule has 1 aromatic carbocycles. The van der Waals surface area contributed by atoms with E-state index in [-0.39, 0.29) is 23.9 Å². The standard InChI is InChI=1S/C22H25ClN2O2S/c23-19-10-4-3-9-18(19)21(22(27)24-15-6-1-2-7-15)25(16-11-12-16)20(26)14-17-8-5-13-28-17/h3-5,8-10,13,15-16,21H,1-2,6-7,11-12,14H2,(H,24,27)/t21-/m0/s1. The van der Waals surface area contributed by atoms with E-state index >= 15 is 0 Å². The Balaban J connectivity index is 1.64. The molecule has 6 heteroatoms. The first-order chi connectivity index (χ1) is 13.6. The van der Waals surface area contributed by atoms with Crippen LogP contribution in [0.4, 0.5) is 0 Å². The smallest absolute Gasteiger partial charge is 0.247 e. The lowest BCUT2D eigenvalue weighted by Gasteiger charge is -2.33. The summed E-state index contributed by atoms with van der Waals surface area (Å²) in [5.74, 6) is -0.108. The van der Waals surface area contributed by atoms with Gasteiger partial charge in [0.05, 0.1) is 6.42 Å². The highest BCUT2D eigenvalue weighted by atomic mass is 35.5. The Hall–Kier alpha value is -1.85. The highest BCUT2D eigenvalue weighted by Gasteiger charge is 2.42. The number of hydrogen-bond donors (Lipinski definition) is 1. The van der Waals surface area contributed by atoms with Gasteiger partial charge in [-0.15, -0.1) is 11.3 Å². The van der Waals surface area contributed by atoms with Gasteiger partial charge in [0.1, 0.15) is 6.04 Å². The number of thiophene rings is 1. The molecule has 0 aliphatic heterocycles. The molecule has 2 saturated carbocycles. The number of benzene rings is 1. The zero-order valence-electron chi connectivity index (χ0n) is 15.8. The Labute approximate surface area is 174 Å². The zero-order valence-corrected chi connectivity index (χ0v) is 17.3. The van der Waals surface area contributed by atoms with Crippen LogP contribution in [-0.4, -0.2) is 28.8 Å². The van der Waals surface area contributed by atoms with Crippen LogP contribution in [0.5, 0.6) is 0 Å². The van der Waals surface area contributed by atoms with Crippen molar-refractivity contribution < 1.29 is 9.59 Å². The third kappa shape index (κ3) is 4.41. The Morgan fingerprint density at radius 3 is 2.50 bits per heavy atom. The number of rotatable bonds is 7. The first kappa shape index (κ1) is 19.5. The Morgan fingerprint density at radius 2 is 1.86 bits per heavy atom. The van der Waals surface area contributed by atoms with Gasteiger partial charge in [0, 0.05) is 27.5 Å². The predicted octanol–water partition coefficient (Wildman–Crippen LogP) is 4.74. The van der Waals surface area contributed by atoms with Crippen molar-refractivity contribution in [2.45, 2.75) is 63.1 Å². The van der Waals surface area contributed by atoms with Crippen molar-refractivity contribution in [3.63, 3.8) is 0 Å². The molecule has 0 saturated heterocycles. The van der Waals surface area contributed by atoms with Gasteiger partial charge in [0.2, 0.25) is 11.8 Å². The maximum absolute atomic E-state index is 13.4. The van der Waals surface area contributed by atoms with Crippen LogP contribution in [-0.2, 0) is 16.0 Å². The molecule has 0 unspecified atom stereocenters. The molecule has 1 aromatic heterocycles. The molecule has 2 fully saturated rings. The van der Waals surface area contributed by atoms with Gasteiger partial charge < -0.3 is 10.2 Å². The maximum atomic E-state index is 13.4. The number of hydrogen-bond acceptors (Lipinski definition) is 3. The van der Waals surface area contributed by atoms with E-state index in [4.69, 9.17) is 11.6 Å². The van der Waals surface area contributed by atoms with Crippen molar-refractivity contribution in [2.24, 2.45) is 0 Å². The zero-order chi connectivity index (χ0) is 19.5. The van der Waals surface area contributed by atoms with Crippen LogP contribution < -0.4 is 5.32 Å². The largest absolute Gasteiger partial charge is 0.351 e. The van der Waals surface area contributed by atoms with Crippen molar-refractivity contribution in [1.29, 1.82) is 0 Å². The Kier molecular flexibility index (Phi) is 6.02. The number of nitrogens with one attached hydrogen (secondary N) is 1. The van der Waals surface area contributed by atoms with E-state index in [1.807, 2.05) is 35.7 Å². The highest BCUT2D eigenvalue weighted by molar-refractivity contribution is 7.10. The lowest BCUT2D eigenvalue weighted by molar-refractivity contribution is -0.141. The van der Waals surface area contributed by atoms with Crippen molar-refractivity contribution in [1.82, 2.24) is 10.2 Å². The van der Waals surface area contributed by atoms with Crippen LogP contribution in [0.25, 0.3) is 0 Å². The molecule has 0 spiro atoms. The number of carbonyl (C=O) groups excluding carboxylic acids is 2. The minimum atomic E-state index is -0.672. The molecular formula is C22H25ClN2O2S. The second-order valence-electron chi connectivity index (χ2n) is 7.70. The molecule has 4 rings (SSSR count). The number of nitrogens with zero attached hydrogens (tertiary/aromatic N) is 1. The second-order valence-corrected chi connectivity index (χ2v) is 9.14. The van der Waals surface area contributed by atoms with Crippen molar-refractivity contribution in [3.8, 4) is 0 Å². The summed E-state index contributed by atoms with van der Waals surface area (Å²) in [6, 6.07) is 11.0. The topological polar surface area (TPSA) is 49.4 Å². The van der Waals surface area contributed by atoms with E-state index in [0.717, 1.165) is 43.4 Å². The normalized spacial score (nSPS) is 18.0. The molecule has 2 aromatic rings. The lowest BCUT2D eigenvalue weighted by Crippen LogP contribution is -2.47. The predicted molar refractivity (Wildman–Crippen MR) is 112 cm³/mol. The molecule has 1 heterocycles. The van der Waals surface area contributed by atoms with Gasteiger partial charge in [-0.2, -0.15) is 0 Å². The second kappa shape index (κ2) is 8.66. The Bertz CT molecular complexity index is 829. The summed E-state index contributed by atoms with van der Waals surface area (Å²) in [5, 5.41) is 5.70. The van der Waals surface area contributed by atoms with Crippen molar-refractivity contribution in [3.05, 3.63) is 57.2 Å². The fourth-order valence-corrected chi connectivity index (χ4v) is 4.96. The average Bonchev–Trinajstić information content (AvgIpc) is 3.13. The SMILES string of the molecule is O=C(NC1CCCC1)[C@H](c1ccccc1Cl)N(C(=O)Cc1cccs1)C1CC1. The van der Waals surface area contributed by atoms with E-state index in [1.165, 1.54) is 0 Å². The van der Waals surface area contributed by atoms with Crippen LogP contribution in [0.15, 0.2) is 41.8 Å². The van der Waals surface area contributed by atoms with Crippen molar-refractivity contribution in [2.75, 3.05) is 0 Å². The minimum Gasteiger partial charge on any atom is -0.351 e. The van der Waals surface area contributed by atoms with Crippen LogP contribution >= 0.6 is 22.9 Å². The molecule has 2 aliphatic rings. The van der Waals surface area contributed by atoms with Gasteiger partial charge in [-0.05, 0) is 43.2 Å². The van der Waals surface area contributed by atoms with Gasteiger partial charge in [-0.3, -0.25) is 9.59 Å². The third-order valence-electron chi connectivity index (χ3n) is 5.56. The van der Waals surface area contributed by atoms with Crippen LogP contribution in [0.2, 0.25) is 5.02 Å². The molecule has 148 valence electrons. The molecule has 2 amide bonds. The number of amides is 2. The van der Waals surface area contributed by atoms with Gasteiger partial charge >= 0.3 is 0 Å².